The lowest BCUT2D eigenvalue weighted by Crippen LogP contribution is -2.44. The Morgan fingerprint density at radius 1 is 1.15 bits per heavy atom. The van der Waals surface area contributed by atoms with E-state index in [1.165, 1.54) is 4.31 Å². The minimum absolute atomic E-state index is 0.0311. The van der Waals surface area contributed by atoms with Gasteiger partial charge < -0.3 is 14.6 Å². The number of benzene rings is 1. The van der Waals surface area contributed by atoms with E-state index in [0.29, 0.717) is 30.8 Å². The first kappa shape index (κ1) is 25.0. The molecule has 0 unspecified atom stereocenters. The Balaban J connectivity index is 1.88. The van der Waals surface area contributed by atoms with Crippen molar-refractivity contribution in [1.29, 1.82) is 0 Å². The molecule has 2 heterocycles. The van der Waals surface area contributed by atoms with Crippen LogP contribution >= 0.6 is 0 Å². The van der Waals surface area contributed by atoms with Crippen LogP contribution in [0, 0.1) is 33.6 Å². The predicted octanol–water partition coefficient (Wildman–Crippen LogP) is 3.47. The first-order valence-electron chi connectivity index (χ1n) is 11.2. The molecule has 1 amide bonds. The van der Waals surface area contributed by atoms with Gasteiger partial charge in [0.2, 0.25) is 15.9 Å². The highest BCUT2D eigenvalue weighted by molar-refractivity contribution is 7.89. The number of ether oxygens (including phenoxy) is 1. The van der Waals surface area contributed by atoms with E-state index in [0.717, 1.165) is 16.8 Å². The standard InChI is InChI=1S/C24H33N3O5S/c1-7-32-24(29)21-17(4)26(6)18(5)22(21)33(30,31)27-12-8-9-19(14-27)23(28)25-20-11-10-15(2)13-16(20)3/h10-11,13,19H,7-9,12,14H2,1-6H3,(H,25,28)/t19-/m1/s1. The van der Waals surface area contributed by atoms with Gasteiger partial charge in [-0.2, -0.15) is 4.31 Å². The van der Waals surface area contributed by atoms with Crippen molar-refractivity contribution in [2.24, 2.45) is 13.0 Å². The van der Waals surface area contributed by atoms with E-state index in [2.05, 4.69) is 5.32 Å². The Hall–Kier alpha value is -2.65. The lowest BCUT2D eigenvalue weighted by atomic mass is 9.98. The molecule has 0 aliphatic carbocycles. The minimum Gasteiger partial charge on any atom is -0.462 e. The molecule has 9 heteroatoms. The van der Waals surface area contributed by atoms with Gasteiger partial charge in [0, 0.05) is 37.2 Å². The van der Waals surface area contributed by atoms with Gasteiger partial charge in [-0.05, 0) is 59.1 Å². The Labute approximate surface area is 196 Å². The molecule has 1 atom stereocenters. The maximum Gasteiger partial charge on any atom is 0.341 e. The van der Waals surface area contributed by atoms with E-state index < -0.39 is 21.9 Å². The molecule has 0 bridgehead atoms. The van der Waals surface area contributed by atoms with E-state index in [1.807, 2.05) is 32.0 Å². The zero-order valence-corrected chi connectivity index (χ0v) is 21.0. The van der Waals surface area contributed by atoms with Crippen molar-refractivity contribution in [3.63, 3.8) is 0 Å². The van der Waals surface area contributed by atoms with Crippen molar-refractivity contribution < 1.29 is 22.7 Å². The third-order valence-electron chi connectivity index (χ3n) is 6.40. The number of aromatic nitrogens is 1. The number of nitrogens with zero attached hydrogens (tertiary/aromatic N) is 2. The lowest BCUT2D eigenvalue weighted by Gasteiger charge is -2.31. The second-order valence-electron chi connectivity index (χ2n) is 8.66. The van der Waals surface area contributed by atoms with Gasteiger partial charge in [-0.3, -0.25) is 4.79 Å². The van der Waals surface area contributed by atoms with E-state index in [1.54, 1.807) is 32.4 Å². The van der Waals surface area contributed by atoms with Gasteiger partial charge in [-0.25, -0.2) is 13.2 Å². The molecule has 1 aromatic carbocycles. The molecule has 1 aliphatic rings. The highest BCUT2D eigenvalue weighted by Gasteiger charge is 2.39. The monoisotopic (exact) mass is 475 g/mol. The third kappa shape index (κ3) is 4.84. The van der Waals surface area contributed by atoms with E-state index in [-0.39, 0.29) is 29.5 Å². The van der Waals surface area contributed by atoms with Gasteiger partial charge in [0.05, 0.1) is 12.5 Å². The maximum absolute atomic E-state index is 13.7. The quantitative estimate of drug-likeness (QED) is 0.645. The average molecular weight is 476 g/mol. The van der Waals surface area contributed by atoms with Gasteiger partial charge in [-0.15, -0.1) is 0 Å². The average Bonchev–Trinajstić information content (AvgIpc) is 3.00. The second kappa shape index (κ2) is 9.69. The normalized spacial score (nSPS) is 17.1. The Morgan fingerprint density at radius 3 is 2.48 bits per heavy atom. The summed E-state index contributed by atoms with van der Waals surface area (Å²) in [4.78, 5) is 25.6. The van der Waals surface area contributed by atoms with E-state index in [4.69, 9.17) is 4.74 Å². The Bertz CT molecular complexity index is 1180. The summed E-state index contributed by atoms with van der Waals surface area (Å²) in [7, 11) is -2.28. The number of rotatable bonds is 6. The first-order valence-corrected chi connectivity index (χ1v) is 12.6. The number of nitrogens with one attached hydrogen (secondary N) is 1. The maximum atomic E-state index is 13.7. The van der Waals surface area contributed by atoms with Gasteiger partial charge in [-0.1, -0.05) is 17.7 Å². The van der Waals surface area contributed by atoms with Crippen LogP contribution in [0.1, 0.15) is 52.6 Å². The minimum atomic E-state index is -4.01. The number of esters is 1. The fourth-order valence-corrected chi connectivity index (χ4v) is 6.37. The number of amides is 1. The molecule has 0 saturated carbocycles. The molecular weight excluding hydrogens is 442 g/mol. The fraction of sp³-hybridized carbons (Fsp3) is 0.500. The summed E-state index contributed by atoms with van der Waals surface area (Å²) in [5.41, 5.74) is 3.86. The molecule has 1 aliphatic heterocycles. The Morgan fingerprint density at radius 2 is 1.85 bits per heavy atom. The van der Waals surface area contributed by atoms with Crippen LogP contribution in [0.5, 0.6) is 0 Å². The van der Waals surface area contributed by atoms with Crippen LogP contribution in [-0.4, -0.2) is 48.9 Å². The van der Waals surface area contributed by atoms with Crippen LogP contribution in [0.4, 0.5) is 5.69 Å². The van der Waals surface area contributed by atoms with Crippen molar-refractivity contribution in [1.82, 2.24) is 8.87 Å². The van der Waals surface area contributed by atoms with Crippen molar-refractivity contribution in [2.45, 2.75) is 52.4 Å². The molecule has 1 N–H and O–H groups in total. The van der Waals surface area contributed by atoms with Gasteiger partial charge in [0.15, 0.2) is 0 Å². The number of hydrogen-bond acceptors (Lipinski definition) is 5. The predicted molar refractivity (Wildman–Crippen MR) is 127 cm³/mol. The first-order chi connectivity index (χ1) is 15.5. The summed E-state index contributed by atoms with van der Waals surface area (Å²) >= 11 is 0. The van der Waals surface area contributed by atoms with Crippen LogP contribution in [-0.2, 0) is 26.6 Å². The van der Waals surface area contributed by atoms with Crippen LogP contribution < -0.4 is 5.32 Å². The molecule has 1 fully saturated rings. The largest absolute Gasteiger partial charge is 0.462 e. The summed E-state index contributed by atoms with van der Waals surface area (Å²) in [5.74, 6) is -1.34. The second-order valence-corrected chi connectivity index (χ2v) is 10.5. The van der Waals surface area contributed by atoms with Gasteiger partial charge >= 0.3 is 5.97 Å². The smallest absolute Gasteiger partial charge is 0.341 e. The summed E-state index contributed by atoms with van der Waals surface area (Å²) in [6.07, 6.45) is 1.16. The molecule has 0 spiro atoms. The molecule has 3 rings (SSSR count). The van der Waals surface area contributed by atoms with Crippen molar-refractivity contribution >= 4 is 27.6 Å². The zero-order valence-electron chi connectivity index (χ0n) is 20.2. The Kier molecular flexibility index (Phi) is 7.33. The number of hydrogen-bond donors (Lipinski definition) is 1. The summed E-state index contributed by atoms with van der Waals surface area (Å²) in [6, 6.07) is 5.78. The zero-order chi connectivity index (χ0) is 24.5. The van der Waals surface area contributed by atoms with Crippen LogP contribution in [0.2, 0.25) is 0 Å². The molecule has 1 saturated heterocycles. The van der Waals surface area contributed by atoms with Gasteiger partial charge in [0.25, 0.3) is 0 Å². The topological polar surface area (TPSA) is 97.7 Å². The number of carbonyl (C=O) groups excluding carboxylic acids is 2. The molecule has 2 aromatic rings. The number of aryl methyl sites for hydroxylation is 2. The number of sulfonamides is 1. The van der Waals surface area contributed by atoms with Crippen molar-refractivity contribution in [2.75, 3.05) is 25.0 Å². The highest BCUT2D eigenvalue weighted by atomic mass is 32.2. The molecule has 1 aromatic heterocycles. The summed E-state index contributed by atoms with van der Waals surface area (Å²) in [6.45, 7) is 9.49. The molecule has 33 heavy (non-hydrogen) atoms. The summed E-state index contributed by atoms with van der Waals surface area (Å²) < 4.78 is 35.5. The third-order valence-corrected chi connectivity index (χ3v) is 8.42. The van der Waals surface area contributed by atoms with Crippen LogP contribution in [0.25, 0.3) is 0 Å². The SMILES string of the molecule is CCOC(=O)c1c(S(=O)(=O)N2CCC[C@@H](C(=O)Nc3ccc(C)cc3C)C2)c(C)n(C)c1C. The van der Waals surface area contributed by atoms with Crippen LogP contribution in [0.15, 0.2) is 23.1 Å². The number of anilines is 1. The number of piperidine rings is 1. The lowest BCUT2D eigenvalue weighted by molar-refractivity contribution is -0.120. The molecule has 180 valence electrons. The molecular formula is C24H33N3O5S. The fourth-order valence-electron chi connectivity index (χ4n) is 4.37. The van der Waals surface area contributed by atoms with Crippen molar-refractivity contribution in [3.05, 3.63) is 46.3 Å². The van der Waals surface area contributed by atoms with Crippen LogP contribution in [0.3, 0.4) is 0 Å². The molecule has 8 nitrogen and oxygen atoms in total. The van der Waals surface area contributed by atoms with Gasteiger partial charge in [0.1, 0.15) is 10.5 Å². The van der Waals surface area contributed by atoms with Crippen molar-refractivity contribution in [3.8, 4) is 0 Å². The highest BCUT2D eigenvalue weighted by Crippen LogP contribution is 2.32. The summed E-state index contributed by atoms with van der Waals surface area (Å²) in [5, 5.41) is 2.95. The van der Waals surface area contributed by atoms with E-state index >= 15 is 0 Å². The number of carbonyl (C=O) groups is 2. The molecule has 0 radical (unpaired) electrons. The van der Waals surface area contributed by atoms with E-state index in [9.17, 15) is 18.0 Å².